The van der Waals surface area contributed by atoms with Crippen molar-refractivity contribution >= 4 is 45.7 Å². The highest BCUT2D eigenvalue weighted by atomic mass is 35.5. The molecule has 1 amide bonds. The molecular weight excluding hydrogens is 444 g/mol. The number of benzene rings is 3. The van der Waals surface area contributed by atoms with Gasteiger partial charge < -0.3 is 14.6 Å². The number of aromatic nitrogens is 3. The number of nitrogens with zero attached hydrogens (tertiary/aromatic N) is 3. The summed E-state index contributed by atoms with van der Waals surface area (Å²) in [6.07, 6.45) is -0.346. The monoisotopic (exact) mass is 466 g/mol. The highest BCUT2D eigenvalue weighted by Crippen LogP contribution is 2.29. The number of nitrogens with one attached hydrogen (secondary N) is 1. The first-order valence-corrected chi connectivity index (χ1v) is 11.7. The zero-order valence-corrected chi connectivity index (χ0v) is 19.4. The molecule has 0 saturated carbocycles. The van der Waals surface area contributed by atoms with Gasteiger partial charge in [0.1, 0.15) is 5.75 Å². The number of hydrogen-bond acceptors (Lipinski definition) is 5. The van der Waals surface area contributed by atoms with Crippen LogP contribution in [0.1, 0.15) is 25.8 Å². The Labute approximate surface area is 195 Å². The van der Waals surface area contributed by atoms with Crippen LogP contribution >= 0.6 is 23.4 Å². The standard InChI is InChI=1S/C24H23ClN4O2S/c1-3-29-23(16(2)31-21-14-7-6-12-19(21)25)27-28-24(29)32-15-22(30)26-20-13-8-10-17-9-4-5-11-18(17)20/h4-14,16H,3,15H2,1-2H3,(H,26,30)/t16-/m0/s1. The molecule has 1 aromatic heterocycles. The first-order chi connectivity index (χ1) is 15.6. The van der Waals surface area contributed by atoms with Crippen LogP contribution in [0.15, 0.2) is 71.9 Å². The van der Waals surface area contributed by atoms with Crippen LogP contribution in [0.3, 0.4) is 0 Å². The normalized spacial score (nSPS) is 12.0. The van der Waals surface area contributed by atoms with Gasteiger partial charge in [-0.15, -0.1) is 10.2 Å². The summed E-state index contributed by atoms with van der Waals surface area (Å²) in [5.41, 5.74) is 0.799. The molecule has 0 saturated heterocycles. The van der Waals surface area contributed by atoms with E-state index >= 15 is 0 Å². The van der Waals surface area contributed by atoms with E-state index in [2.05, 4.69) is 15.5 Å². The van der Waals surface area contributed by atoms with E-state index < -0.39 is 0 Å². The van der Waals surface area contributed by atoms with Crippen molar-refractivity contribution < 1.29 is 9.53 Å². The lowest BCUT2D eigenvalue weighted by Crippen LogP contribution is -2.15. The summed E-state index contributed by atoms with van der Waals surface area (Å²) in [6.45, 7) is 4.57. The van der Waals surface area contributed by atoms with Gasteiger partial charge in [0.15, 0.2) is 17.1 Å². The fourth-order valence-corrected chi connectivity index (χ4v) is 4.43. The molecule has 1 heterocycles. The lowest BCUT2D eigenvalue weighted by atomic mass is 10.1. The van der Waals surface area contributed by atoms with Crippen LogP contribution in [0.5, 0.6) is 5.75 Å². The predicted octanol–water partition coefficient (Wildman–Crippen LogP) is 5.98. The molecule has 1 N–H and O–H groups in total. The van der Waals surface area contributed by atoms with Crippen LogP contribution in [0.2, 0.25) is 5.02 Å². The first kappa shape index (κ1) is 22.2. The maximum Gasteiger partial charge on any atom is 0.234 e. The van der Waals surface area contributed by atoms with Gasteiger partial charge in [0.25, 0.3) is 0 Å². The third-order valence-corrected chi connectivity index (χ3v) is 6.24. The lowest BCUT2D eigenvalue weighted by molar-refractivity contribution is -0.113. The van der Waals surface area contributed by atoms with Gasteiger partial charge in [-0.25, -0.2) is 0 Å². The molecule has 0 aliphatic heterocycles. The molecule has 4 aromatic rings. The summed E-state index contributed by atoms with van der Waals surface area (Å²) < 4.78 is 7.94. The molecule has 0 aliphatic carbocycles. The van der Waals surface area contributed by atoms with Gasteiger partial charge in [-0.2, -0.15) is 0 Å². The smallest absolute Gasteiger partial charge is 0.234 e. The van der Waals surface area contributed by atoms with E-state index in [1.54, 1.807) is 6.07 Å². The summed E-state index contributed by atoms with van der Waals surface area (Å²) in [5, 5.41) is 14.9. The van der Waals surface area contributed by atoms with Gasteiger partial charge in [-0.1, -0.05) is 71.9 Å². The van der Waals surface area contributed by atoms with E-state index in [9.17, 15) is 4.79 Å². The van der Waals surface area contributed by atoms with Gasteiger partial charge in [0.2, 0.25) is 5.91 Å². The average Bonchev–Trinajstić information content (AvgIpc) is 3.22. The fourth-order valence-electron chi connectivity index (χ4n) is 3.44. The van der Waals surface area contributed by atoms with Crippen LogP contribution in [-0.2, 0) is 11.3 Å². The molecule has 0 unspecified atom stereocenters. The van der Waals surface area contributed by atoms with Crippen LogP contribution < -0.4 is 10.1 Å². The second-order valence-electron chi connectivity index (χ2n) is 7.14. The number of fused-ring (bicyclic) bond motifs is 1. The molecule has 0 radical (unpaired) electrons. The molecule has 3 aromatic carbocycles. The minimum atomic E-state index is -0.346. The van der Waals surface area contributed by atoms with Crippen LogP contribution in [0.25, 0.3) is 10.8 Å². The Morgan fingerprint density at radius 3 is 2.66 bits per heavy atom. The molecule has 4 rings (SSSR count). The van der Waals surface area contributed by atoms with Crippen LogP contribution in [0.4, 0.5) is 5.69 Å². The molecular formula is C24H23ClN4O2S. The van der Waals surface area contributed by atoms with E-state index in [1.165, 1.54) is 11.8 Å². The zero-order valence-electron chi connectivity index (χ0n) is 17.8. The first-order valence-electron chi connectivity index (χ1n) is 10.3. The number of rotatable bonds is 8. The number of para-hydroxylation sites is 1. The van der Waals surface area contributed by atoms with Gasteiger partial charge >= 0.3 is 0 Å². The second kappa shape index (κ2) is 10.1. The van der Waals surface area contributed by atoms with E-state index in [-0.39, 0.29) is 17.8 Å². The highest BCUT2D eigenvalue weighted by Gasteiger charge is 2.20. The maximum absolute atomic E-state index is 12.6. The number of anilines is 1. The second-order valence-corrected chi connectivity index (χ2v) is 8.49. The largest absolute Gasteiger partial charge is 0.481 e. The molecule has 8 heteroatoms. The number of hydrogen-bond donors (Lipinski definition) is 1. The van der Waals surface area contributed by atoms with Crippen molar-refractivity contribution in [1.82, 2.24) is 14.8 Å². The summed E-state index contributed by atoms with van der Waals surface area (Å²) in [5.74, 6) is 1.40. The van der Waals surface area contributed by atoms with Gasteiger partial charge in [-0.05, 0) is 37.4 Å². The SMILES string of the molecule is CCn1c(SCC(=O)Nc2cccc3ccccc23)nnc1[C@H](C)Oc1ccccc1Cl. The van der Waals surface area contributed by atoms with Crippen molar-refractivity contribution in [3.8, 4) is 5.75 Å². The highest BCUT2D eigenvalue weighted by molar-refractivity contribution is 7.99. The Kier molecular flexibility index (Phi) is 6.97. The molecule has 0 fully saturated rings. The van der Waals surface area contributed by atoms with E-state index in [0.717, 1.165) is 16.5 Å². The minimum Gasteiger partial charge on any atom is -0.481 e. The number of carbonyl (C=O) groups excluding carboxylic acids is 1. The van der Waals surface area contributed by atoms with Crippen molar-refractivity contribution in [3.05, 3.63) is 77.6 Å². The minimum absolute atomic E-state index is 0.0982. The van der Waals surface area contributed by atoms with E-state index in [1.807, 2.05) is 79.1 Å². The van der Waals surface area contributed by atoms with Crippen molar-refractivity contribution in [3.63, 3.8) is 0 Å². The van der Waals surface area contributed by atoms with Crippen molar-refractivity contribution in [2.45, 2.75) is 31.7 Å². The summed E-state index contributed by atoms with van der Waals surface area (Å²) >= 11 is 7.55. The number of carbonyl (C=O) groups is 1. The number of thioether (sulfide) groups is 1. The van der Waals surface area contributed by atoms with Gasteiger partial charge in [0, 0.05) is 17.6 Å². The predicted molar refractivity (Wildman–Crippen MR) is 129 cm³/mol. The Morgan fingerprint density at radius 1 is 1.09 bits per heavy atom. The Morgan fingerprint density at radius 2 is 1.84 bits per heavy atom. The summed E-state index contributed by atoms with van der Waals surface area (Å²) in [4.78, 5) is 12.6. The van der Waals surface area contributed by atoms with E-state index in [4.69, 9.17) is 16.3 Å². The number of amides is 1. The topological polar surface area (TPSA) is 69.0 Å². The van der Waals surface area contributed by atoms with Crippen LogP contribution in [0, 0.1) is 0 Å². The van der Waals surface area contributed by atoms with Gasteiger partial charge in [0.05, 0.1) is 10.8 Å². The Balaban J connectivity index is 1.43. The molecule has 0 spiro atoms. The maximum atomic E-state index is 12.6. The molecule has 1 atom stereocenters. The molecule has 0 aliphatic rings. The van der Waals surface area contributed by atoms with Crippen molar-refractivity contribution in [1.29, 1.82) is 0 Å². The number of halogens is 1. The third-order valence-electron chi connectivity index (χ3n) is 4.96. The number of ether oxygens (including phenoxy) is 1. The lowest BCUT2D eigenvalue weighted by Gasteiger charge is -2.16. The molecule has 164 valence electrons. The zero-order chi connectivity index (χ0) is 22.5. The summed E-state index contributed by atoms with van der Waals surface area (Å²) in [6, 6.07) is 21.2. The van der Waals surface area contributed by atoms with Gasteiger partial charge in [-0.3, -0.25) is 4.79 Å². The average molecular weight is 467 g/mol. The molecule has 32 heavy (non-hydrogen) atoms. The van der Waals surface area contributed by atoms with Crippen molar-refractivity contribution in [2.24, 2.45) is 0 Å². The molecule has 0 bridgehead atoms. The Hall–Kier alpha value is -3.03. The molecule has 6 nitrogen and oxygen atoms in total. The van der Waals surface area contributed by atoms with Crippen LogP contribution in [-0.4, -0.2) is 26.4 Å². The summed E-state index contributed by atoms with van der Waals surface area (Å²) in [7, 11) is 0. The third kappa shape index (κ3) is 4.89. The fraction of sp³-hybridized carbons (Fsp3) is 0.208. The quantitative estimate of drug-likeness (QED) is 0.324. The van der Waals surface area contributed by atoms with Crippen molar-refractivity contribution in [2.75, 3.05) is 11.1 Å². The van der Waals surface area contributed by atoms with E-state index in [0.29, 0.717) is 28.3 Å². The Bertz CT molecular complexity index is 1240.